The first kappa shape index (κ1) is 16.5. The van der Waals surface area contributed by atoms with E-state index in [1.54, 1.807) is 0 Å². The zero-order valence-electron chi connectivity index (χ0n) is 10.5. The fraction of sp³-hybridized carbons (Fsp3) is 0.917. The van der Waals surface area contributed by atoms with Crippen LogP contribution < -0.4 is 0 Å². The largest absolute Gasteiger partial charge is 0.338 e. The van der Waals surface area contributed by atoms with Crippen molar-refractivity contribution in [1.82, 2.24) is 0 Å². The van der Waals surface area contributed by atoms with E-state index < -0.39 is 0 Å². The van der Waals surface area contributed by atoms with Crippen LogP contribution in [0.1, 0.15) is 54.9 Å². The predicted molar refractivity (Wildman–Crippen MR) is 57.0 cm³/mol. The van der Waals surface area contributed by atoms with Crippen LogP contribution in [0.2, 0.25) is 0 Å². The Morgan fingerprint density at radius 2 is 1.15 bits per heavy atom. The molecule has 0 heterocycles. The molecule has 0 rings (SSSR count). The summed E-state index contributed by atoms with van der Waals surface area (Å²) in [5, 5.41) is 0. The molecule has 0 saturated carbocycles. The van der Waals surface area contributed by atoms with Crippen molar-refractivity contribution in [3.63, 3.8) is 0 Å². The van der Waals surface area contributed by atoms with E-state index in [0.29, 0.717) is 10.8 Å². The summed E-state index contributed by atoms with van der Waals surface area (Å²) in [4.78, 5) is 0. The van der Waals surface area contributed by atoms with Crippen LogP contribution in [0.3, 0.4) is 0 Å². The molecule has 0 saturated heterocycles. The summed E-state index contributed by atoms with van der Waals surface area (Å²) in [7, 11) is 0. The maximum Gasteiger partial charge on any atom is 0 e. The standard InChI is InChI=1S/C12H25.Y/c1-10(2,3)9-12(7,8)11(4,5)6;/h1,9H2,2-8H3;/q-1;. The van der Waals surface area contributed by atoms with Gasteiger partial charge in [-0.2, -0.15) is 5.41 Å². The van der Waals surface area contributed by atoms with Crippen molar-refractivity contribution in [3.8, 4) is 0 Å². The van der Waals surface area contributed by atoms with Gasteiger partial charge in [0.2, 0.25) is 0 Å². The van der Waals surface area contributed by atoms with Crippen LogP contribution in [0.5, 0.6) is 0 Å². The minimum atomic E-state index is 0. The van der Waals surface area contributed by atoms with E-state index in [-0.39, 0.29) is 38.1 Å². The van der Waals surface area contributed by atoms with Gasteiger partial charge < -0.3 is 6.92 Å². The summed E-state index contributed by atoms with van der Waals surface area (Å²) in [6, 6.07) is 0. The molecule has 13 heavy (non-hydrogen) atoms. The van der Waals surface area contributed by atoms with Crippen molar-refractivity contribution in [1.29, 1.82) is 0 Å². The SMILES string of the molecule is [CH2-]C(C)(C)CC(C)(C)C(C)(C)C.[Y]. The Balaban J connectivity index is 0. The van der Waals surface area contributed by atoms with Crippen molar-refractivity contribution in [2.45, 2.75) is 54.9 Å². The Hall–Kier alpha value is 1.10. The first-order chi connectivity index (χ1) is 4.96. The van der Waals surface area contributed by atoms with Gasteiger partial charge in [0.05, 0.1) is 0 Å². The smallest absolute Gasteiger partial charge is 0 e. The fourth-order valence-electron chi connectivity index (χ4n) is 1.46. The van der Waals surface area contributed by atoms with Crippen molar-refractivity contribution in [2.24, 2.45) is 16.2 Å². The van der Waals surface area contributed by atoms with Gasteiger partial charge in [0.1, 0.15) is 0 Å². The Morgan fingerprint density at radius 3 is 1.23 bits per heavy atom. The minimum absolute atomic E-state index is 0. The molecule has 0 aliphatic rings. The summed E-state index contributed by atoms with van der Waals surface area (Å²) in [6.45, 7) is 20.2. The molecule has 0 aliphatic heterocycles. The summed E-state index contributed by atoms with van der Waals surface area (Å²) in [5.41, 5.74) is 0.914. The predicted octanol–water partition coefficient (Wildman–Crippen LogP) is 4.31. The summed E-state index contributed by atoms with van der Waals surface area (Å²) < 4.78 is 0. The zero-order chi connectivity index (χ0) is 10.2. The molecule has 0 aromatic rings. The van der Waals surface area contributed by atoms with Crippen LogP contribution in [-0.2, 0) is 32.7 Å². The quantitative estimate of drug-likeness (QED) is 0.647. The normalized spacial score (nSPS) is 13.8. The van der Waals surface area contributed by atoms with E-state index in [0.717, 1.165) is 0 Å². The second-order valence-electron chi connectivity index (χ2n) is 6.47. The molecule has 0 fully saturated rings. The second-order valence-corrected chi connectivity index (χ2v) is 6.47. The molecule has 0 spiro atoms. The van der Waals surface area contributed by atoms with Crippen molar-refractivity contribution < 1.29 is 32.7 Å². The van der Waals surface area contributed by atoms with Gasteiger partial charge in [0.25, 0.3) is 0 Å². The van der Waals surface area contributed by atoms with Gasteiger partial charge in [-0.05, 0) is 10.8 Å². The van der Waals surface area contributed by atoms with Crippen LogP contribution in [0.25, 0.3) is 0 Å². The number of hydrogen-bond acceptors (Lipinski definition) is 0. The molecule has 0 aromatic carbocycles. The van der Waals surface area contributed by atoms with Gasteiger partial charge in [-0.3, -0.25) is 0 Å². The van der Waals surface area contributed by atoms with Crippen LogP contribution in [0.4, 0.5) is 0 Å². The van der Waals surface area contributed by atoms with Gasteiger partial charge in [0, 0.05) is 32.7 Å². The van der Waals surface area contributed by atoms with E-state index in [9.17, 15) is 0 Å². The Morgan fingerprint density at radius 1 is 0.846 bits per heavy atom. The summed E-state index contributed by atoms with van der Waals surface area (Å²) in [6.07, 6.45) is 1.17. The van der Waals surface area contributed by atoms with Gasteiger partial charge >= 0.3 is 0 Å². The average Bonchev–Trinajstić information content (AvgIpc) is 1.52. The minimum Gasteiger partial charge on any atom is -0.338 e. The molecule has 0 atom stereocenters. The van der Waals surface area contributed by atoms with E-state index in [1.165, 1.54) is 6.42 Å². The van der Waals surface area contributed by atoms with Crippen molar-refractivity contribution in [2.75, 3.05) is 0 Å². The monoisotopic (exact) mass is 258 g/mol. The number of rotatable bonds is 2. The van der Waals surface area contributed by atoms with E-state index in [1.807, 2.05) is 0 Å². The van der Waals surface area contributed by atoms with Crippen molar-refractivity contribution >= 4 is 0 Å². The van der Waals surface area contributed by atoms with Crippen LogP contribution in [-0.4, -0.2) is 0 Å². The average molecular weight is 258 g/mol. The van der Waals surface area contributed by atoms with Gasteiger partial charge in [-0.1, -0.05) is 54.9 Å². The molecule has 0 bridgehead atoms. The zero-order valence-corrected chi connectivity index (χ0v) is 13.3. The molecule has 0 N–H and O–H groups in total. The molecule has 0 nitrogen and oxygen atoms in total. The Bertz CT molecular complexity index is 143. The Labute approximate surface area is 110 Å². The summed E-state index contributed by atoms with van der Waals surface area (Å²) in [5.74, 6) is 0. The first-order valence-corrected chi connectivity index (χ1v) is 4.81. The molecule has 0 unspecified atom stereocenters. The Kier molecular flexibility index (Phi) is 6.04. The van der Waals surface area contributed by atoms with Gasteiger partial charge in [0.15, 0.2) is 0 Å². The van der Waals surface area contributed by atoms with Crippen LogP contribution in [0, 0.1) is 23.2 Å². The van der Waals surface area contributed by atoms with E-state index >= 15 is 0 Å². The van der Waals surface area contributed by atoms with Gasteiger partial charge in [-0.15, -0.1) is 0 Å². The molecule has 1 radical (unpaired) electrons. The van der Waals surface area contributed by atoms with E-state index in [2.05, 4.69) is 55.4 Å². The van der Waals surface area contributed by atoms with E-state index in [4.69, 9.17) is 0 Å². The molecule has 0 aliphatic carbocycles. The third-order valence-electron chi connectivity index (χ3n) is 2.95. The molecular weight excluding hydrogens is 233 g/mol. The maximum atomic E-state index is 4.17. The van der Waals surface area contributed by atoms with Crippen LogP contribution in [0.15, 0.2) is 0 Å². The third-order valence-corrected chi connectivity index (χ3v) is 2.95. The maximum absolute atomic E-state index is 4.17. The fourth-order valence-corrected chi connectivity index (χ4v) is 1.46. The molecule has 77 valence electrons. The summed E-state index contributed by atoms with van der Waals surface area (Å²) >= 11 is 0. The van der Waals surface area contributed by atoms with Gasteiger partial charge in [-0.25, -0.2) is 0 Å². The molecule has 0 aromatic heterocycles. The topological polar surface area (TPSA) is 0 Å². The molecule has 1 heteroatoms. The first-order valence-electron chi connectivity index (χ1n) is 4.81. The number of hydrogen-bond donors (Lipinski definition) is 0. The molecule has 0 amide bonds. The molecular formula is C12H25Y-. The second kappa shape index (κ2) is 4.75. The van der Waals surface area contributed by atoms with Crippen LogP contribution >= 0.6 is 0 Å². The van der Waals surface area contributed by atoms with Crippen molar-refractivity contribution in [3.05, 3.63) is 6.92 Å². The third kappa shape index (κ3) is 6.23.